The Morgan fingerprint density at radius 1 is 1.53 bits per heavy atom. The van der Waals surface area contributed by atoms with Crippen molar-refractivity contribution < 1.29 is 9.13 Å². The lowest BCUT2D eigenvalue weighted by Gasteiger charge is -2.19. The first-order valence-corrected chi connectivity index (χ1v) is 5.68. The van der Waals surface area contributed by atoms with Gasteiger partial charge in [-0.25, -0.2) is 4.39 Å². The van der Waals surface area contributed by atoms with Crippen LogP contribution in [-0.2, 0) is 0 Å². The van der Waals surface area contributed by atoms with E-state index in [9.17, 15) is 4.39 Å². The molecule has 0 amide bonds. The summed E-state index contributed by atoms with van der Waals surface area (Å²) < 4.78 is 18.4. The number of hydrogen-bond acceptors (Lipinski definition) is 2. The molecule has 0 spiro atoms. The normalized spacial score (nSPS) is 13.8. The molecule has 1 rings (SSSR count). The maximum atomic E-state index is 13.5. The number of nitrogens with one attached hydrogen (secondary N) is 1. The summed E-state index contributed by atoms with van der Waals surface area (Å²) in [6.07, 6.45) is 6.23. The van der Waals surface area contributed by atoms with Gasteiger partial charge in [-0.05, 0) is 31.0 Å². The van der Waals surface area contributed by atoms with Gasteiger partial charge in [0, 0.05) is 6.04 Å². The van der Waals surface area contributed by atoms with Crippen LogP contribution >= 0.6 is 0 Å². The van der Waals surface area contributed by atoms with Gasteiger partial charge in [0.05, 0.1) is 13.2 Å². The van der Waals surface area contributed by atoms with Crippen LogP contribution < -0.4 is 10.1 Å². The molecule has 92 valence electrons. The van der Waals surface area contributed by atoms with Gasteiger partial charge in [-0.2, -0.15) is 0 Å². The van der Waals surface area contributed by atoms with E-state index in [1.54, 1.807) is 6.07 Å². The summed E-state index contributed by atoms with van der Waals surface area (Å²) in [6, 6.07) is 4.95. The molecular weight excluding hydrogens is 217 g/mol. The molecule has 1 N–H and O–H groups in total. The van der Waals surface area contributed by atoms with E-state index in [4.69, 9.17) is 11.2 Å². The fraction of sp³-hybridized carbons (Fsp3) is 0.429. The lowest BCUT2D eigenvalue weighted by molar-refractivity contribution is 0.385. The van der Waals surface area contributed by atoms with Crippen LogP contribution in [0.2, 0.25) is 0 Å². The molecular formula is C14H18FNO. The molecule has 2 unspecified atom stereocenters. The lowest BCUT2D eigenvalue weighted by Crippen LogP contribution is -2.29. The van der Waals surface area contributed by atoms with Crippen molar-refractivity contribution in [2.75, 3.05) is 7.11 Å². The minimum Gasteiger partial charge on any atom is -0.494 e. The van der Waals surface area contributed by atoms with E-state index >= 15 is 0 Å². The summed E-state index contributed by atoms with van der Waals surface area (Å²) in [5.41, 5.74) is 0.858. The molecule has 1 aromatic rings. The van der Waals surface area contributed by atoms with Gasteiger partial charge in [0.2, 0.25) is 0 Å². The maximum Gasteiger partial charge on any atom is 0.165 e. The molecule has 0 radical (unpaired) electrons. The molecule has 0 aliphatic carbocycles. The summed E-state index contributed by atoms with van der Waals surface area (Å²) in [5.74, 6) is 2.56. The molecule has 0 saturated carbocycles. The fourth-order valence-electron chi connectivity index (χ4n) is 1.63. The first kappa shape index (κ1) is 13.5. The molecule has 0 fully saturated rings. The number of hydrogen-bond donors (Lipinski definition) is 1. The molecule has 0 aromatic heterocycles. The zero-order valence-corrected chi connectivity index (χ0v) is 10.5. The third-order valence-corrected chi connectivity index (χ3v) is 2.74. The number of terminal acetylenes is 1. The molecule has 17 heavy (non-hydrogen) atoms. The Balaban J connectivity index is 2.79. The predicted molar refractivity (Wildman–Crippen MR) is 67.4 cm³/mol. The predicted octanol–water partition coefficient (Wildman–Crippen LogP) is 2.90. The summed E-state index contributed by atoms with van der Waals surface area (Å²) in [7, 11) is 1.45. The average molecular weight is 235 g/mol. The molecule has 0 saturated heterocycles. The van der Waals surface area contributed by atoms with Gasteiger partial charge in [-0.1, -0.05) is 18.9 Å². The van der Waals surface area contributed by atoms with Crippen LogP contribution in [0.3, 0.4) is 0 Å². The number of benzene rings is 1. The Bertz CT molecular complexity index is 411. The fourth-order valence-corrected chi connectivity index (χ4v) is 1.63. The van der Waals surface area contributed by atoms with Crippen molar-refractivity contribution in [2.24, 2.45) is 0 Å². The van der Waals surface area contributed by atoms with E-state index in [1.807, 2.05) is 19.9 Å². The monoisotopic (exact) mass is 235 g/mol. The first-order valence-electron chi connectivity index (χ1n) is 5.68. The second-order valence-corrected chi connectivity index (χ2v) is 3.91. The average Bonchev–Trinajstić information content (AvgIpc) is 2.35. The highest BCUT2D eigenvalue weighted by molar-refractivity contribution is 5.31. The SMILES string of the molecule is C#CC(CC)NC(C)c1ccc(OC)c(F)c1. The molecule has 3 heteroatoms. The summed E-state index contributed by atoms with van der Waals surface area (Å²) >= 11 is 0. The first-order chi connectivity index (χ1) is 8.12. The second kappa shape index (κ2) is 6.27. The highest BCUT2D eigenvalue weighted by atomic mass is 19.1. The van der Waals surface area contributed by atoms with E-state index in [-0.39, 0.29) is 23.7 Å². The molecule has 0 heterocycles. The molecule has 2 nitrogen and oxygen atoms in total. The number of rotatable bonds is 5. The minimum absolute atomic E-state index is 0.00941. The van der Waals surface area contributed by atoms with E-state index in [2.05, 4.69) is 11.2 Å². The summed E-state index contributed by atoms with van der Waals surface area (Å²) in [5, 5.41) is 3.25. The van der Waals surface area contributed by atoms with Gasteiger partial charge in [0.15, 0.2) is 11.6 Å². The minimum atomic E-state index is -0.354. The third-order valence-electron chi connectivity index (χ3n) is 2.74. The standard InChI is InChI=1S/C14H18FNO/c1-5-12(6-2)16-10(3)11-7-8-14(17-4)13(15)9-11/h1,7-10,12,16H,6H2,2-4H3. The second-order valence-electron chi connectivity index (χ2n) is 3.91. The van der Waals surface area contributed by atoms with Crippen molar-refractivity contribution in [2.45, 2.75) is 32.4 Å². The van der Waals surface area contributed by atoms with Crippen molar-refractivity contribution in [3.05, 3.63) is 29.6 Å². The van der Waals surface area contributed by atoms with Gasteiger partial charge < -0.3 is 4.74 Å². The van der Waals surface area contributed by atoms with Crippen molar-refractivity contribution in [3.8, 4) is 18.1 Å². The zero-order valence-electron chi connectivity index (χ0n) is 10.5. The molecule has 0 bridgehead atoms. The van der Waals surface area contributed by atoms with Crippen LogP contribution in [0, 0.1) is 18.2 Å². The maximum absolute atomic E-state index is 13.5. The van der Waals surface area contributed by atoms with Crippen LogP contribution in [0.5, 0.6) is 5.75 Å². The van der Waals surface area contributed by atoms with E-state index in [0.717, 1.165) is 12.0 Å². The Morgan fingerprint density at radius 3 is 2.71 bits per heavy atom. The number of halogens is 1. The van der Waals surface area contributed by atoms with Gasteiger partial charge in [-0.3, -0.25) is 5.32 Å². The Hall–Kier alpha value is -1.53. The van der Waals surface area contributed by atoms with E-state index in [0.29, 0.717) is 0 Å². The topological polar surface area (TPSA) is 21.3 Å². The van der Waals surface area contributed by atoms with Crippen molar-refractivity contribution >= 4 is 0 Å². The Morgan fingerprint density at radius 2 is 2.24 bits per heavy atom. The van der Waals surface area contributed by atoms with Gasteiger partial charge in [0.1, 0.15) is 0 Å². The van der Waals surface area contributed by atoms with Crippen molar-refractivity contribution in [1.82, 2.24) is 5.32 Å². The number of ether oxygens (including phenoxy) is 1. The quantitative estimate of drug-likeness (QED) is 0.792. The van der Waals surface area contributed by atoms with E-state index in [1.165, 1.54) is 13.2 Å². The van der Waals surface area contributed by atoms with Crippen LogP contribution in [0.1, 0.15) is 31.9 Å². The lowest BCUT2D eigenvalue weighted by atomic mass is 10.1. The number of methoxy groups -OCH3 is 1. The Kier molecular flexibility index (Phi) is 4.99. The van der Waals surface area contributed by atoms with Crippen molar-refractivity contribution in [3.63, 3.8) is 0 Å². The highest BCUT2D eigenvalue weighted by Crippen LogP contribution is 2.22. The van der Waals surface area contributed by atoms with Crippen LogP contribution in [0.4, 0.5) is 4.39 Å². The molecule has 1 aromatic carbocycles. The van der Waals surface area contributed by atoms with Crippen molar-refractivity contribution in [1.29, 1.82) is 0 Å². The van der Waals surface area contributed by atoms with Gasteiger partial charge in [-0.15, -0.1) is 6.42 Å². The van der Waals surface area contributed by atoms with Gasteiger partial charge >= 0.3 is 0 Å². The smallest absolute Gasteiger partial charge is 0.165 e. The largest absolute Gasteiger partial charge is 0.494 e. The Labute approximate surface area is 102 Å². The van der Waals surface area contributed by atoms with Crippen LogP contribution in [0.15, 0.2) is 18.2 Å². The zero-order chi connectivity index (χ0) is 12.8. The third kappa shape index (κ3) is 3.47. The van der Waals surface area contributed by atoms with Gasteiger partial charge in [0.25, 0.3) is 0 Å². The molecule has 2 atom stereocenters. The highest BCUT2D eigenvalue weighted by Gasteiger charge is 2.12. The summed E-state index contributed by atoms with van der Waals surface area (Å²) in [4.78, 5) is 0. The molecule has 0 aliphatic heterocycles. The van der Waals surface area contributed by atoms with Crippen LogP contribution in [0.25, 0.3) is 0 Å². The molecule has 0 aliphatic rings. The van der Waals surface area contributed by atoms with E-state index < -0.39 is 0 Å². The summed E-state index contributed by atoms with van der Waals surface area (Å²) in [6.45, 7) is 3.97. The van der Waals surface area contributed by atoms with Crippen LogP contribution in [-0.4, -0.2) is 13.2 Å².